The van der Waals surface area contributed by atoms with E-state index in [0.29, 0.717) is 11.5 Å². The molecular formula is C10H12O4. The van der Waals surface area contributed by atoms with Gasteiger partial charge in [0, 0.05) is 5.57 Å². The molecule has 1 heterocycles. The normalized spacial score (nSPS) is 9.93. The van der Waals surface area contributed by atoms with Gasteiger partial charge in [0.25, 0.3) is 0 Å². The molecule has 0 radical (unpaired) electrons. The van der Waals surface area contributed by atoms with Crippen molar-refractivity contribution >= 4 is 5.97 Å². The molecule has 0 unspecified atom stereocenters. The maximum atomic E-state index is 11.2. The minimum atomic E-state index is -0.579. The highest BCUT2D eigenvalue weighted by molar-refractivity contribution is 5.89. The van der Waals surface area contributed by atoms with E-state index >= 15 is 0 Å². The van der Waals surface area contributed by atoms with Gasteiger partial charge in [-0.2, -0.15) is 0 Å². The van der Waals surface area contributed by atoms with Gasteiger partial charge in [-0.05, 0) is 20.8 Å². The van der Waals surface area contributed by atoms with Gasteiger partial charge in [0.15, 0.2) is 0 Å². The molecule has 1 N–H and O–H groups in total. The number of hydrogen-bond acceptors (Lipinski definition) is 4. The van der Waals surface area contributed by atoms with Crippen molar-refractivity contribution in [2.24, 2.45) is 0 Å². The zero-order chi connectivity index (χ0) is 10.9. The van der Waals surface area contributed by atoms with Gasteiger partial charge in [-0.3, -0.25) is 0 Å². The van der Waals surface area contributed by atoms with Crippen LogP contribution >= 0.6 is 0 Å². The van der Waals surface area contributed by atoms with E-state index < -0.39 is 5.97 Å². The van der Waals surface area contributed by atoms with Crippen LogP contribution in [0.5, 0.6) is 11.5 Å². The molecule has 0 spiro atoms. The number of hydrogen-bond donors (Lipinski definition) is 1. The monoisotopic (exact) mass is 196 g/mol. The first-order chi connectivity index (χ1) is 6.43. The molecule has 76 valence electrons. The topological polar surface area (TPSA) is 59.7 Å². The Balaban J connectivity index is 2.97. The van der Waals surface area contributed by atoms with Gasteiger partial charge in [0.2, 0.25) is 11.5 Å². The molecule has 1 aromatic rings. The van der Waals surface area contributed by atoms with E-state index in [1.54, 1.807) is 13.8 Å². The molecular weight excluding hydrogens is 184 g/mol. The van der Waals surface area contributed by atoms with Crippen molar-refractivity contribution in [3.63, 3.8) is 0 Å². The maximum absolute atomic E-state index is 11.2. The van der Waals surface area contributed by atoms with Crippen molar-refractivity contribution in [2.75, 3.05) is 0 Å². The van der Waals surface area contributed by atoms with Crippen LogP contribution in [0.1, 0.15) is 18.4 Å². The summed E-state index contributed by atoms with van der Waals surface area (Å²) in [5, 5.41) is 9.45. The number of furan rings is 1. The van der Waals surface area contributed by atoms with Crippen LogP contribution < -0.4 is 4.74 Å². The summed E-state index contributed by atoms with van der Waals surface area (Å²) in [6, 6.07) is 0. The molecule has 0 saturated carbocycles. The molecule has 0 amide bonds. The fourth-order valence-electron chi connectivity index (χ4n) is 0.951. The Hall–Kier alpha value is -1.71. The van der Waals surface area contributed by atoms with Gasteiger partial charge < -0.3 is 14.3 Å². The quantitative estimate of drug-likeness (QED) is 0.581. The summed E-state index contributed by atoms with van der Waals surface area (Å²) in [6.45, 7) is 8.15. The lowest BCUT2D eigenvalue weighted by Crippen LogP contribution is -2.08. The molecule has 14 heavy (non-hydrogen) atoms. The van der Waals surface area contributed by atoms with Gasteiger partial charge in [-0.1, -0.05) is 6.58 Å². The zero-order valence-electron chi connectivity index (χ0n) is 8.38. The number of rotatable bonds is 2. The molecule has 0 aliphatic carbocycles. The lowest BCUT2D eigenvalue weighted by Gasteiger charge is -2.01. The average molecular weight is 196 g/mol. The van der Waals surface area contributed by atoms with Crippen LogP contribution in [-0.4, -0.2) is 11.1 Å². The van der Waals surface area contributed by atoms with Crippen LogP contribution in [0.3, 0.4) is 0 Å². The lowest BCUT2D eigenvalue weighted by molar-refractivity contribution is -0.130. The smallest absolute Gasteiger partial charge is 0.338 e. The second kappa shape index (κ2) is 3.57. The van der Waals surface area contributed by atoms with Crippen LogP contribution in [0.4, 0.5) is 0 Å². The third-order valence-electron chi connectivity index (χ3n) is 1.72. The van der Waals surface area contributed by atoms with E-state index in [1.165, 1.54) is 6.92 Å². The summed E-state index contributed by atoms with van der Waals surface area (Å²) in [5.74, 6) is 0.0402. The highest BCUT2D eigenvalue weighted by atomic mass is 16.6. The molecule has 1 rings (SSSR count). The van der Waals surface area contributed by atoms with Gasteiger partial charge in [0.05, 0.1) is 0 Å². The van der Waals surface area contributed by atoms with Gasteiger partial charge in [-0.15, -0.1) is 0 Å². The van der Waals surface area contributed by atoms with E-state index in [0.717, 1.165) is 0 Å². The molecule has 0 aromatic carbocycles. The molecule has 0 aliphatic heterocycles. The molecule has 0 aliphatic rings. The Labute approximate surface area is 81.8 Å². The first-order valence-corrected chi connectivity index (χ1v) is 4.10. The Morgan fingerprint density at radius 2 is 2.00 bits per heavy atom. The van der Waals surface area contributed by atoms with Crippen LogP contribution in [0, 0.1) is 13.8 Å². The molecule has 1 aromatic heterocycles. The summed E-state index contributed by atoms with van der Waals surface area (Å²) in [5.41, 5.74) is 0.266. The van der Waals surface area contributed by atoms with Crippen molar-refractivity contribution in [2.45, 2.75) is 20.8 Å². The second-order valence-electron chi connectivity index (χ2n) is 3.06. The largest absolute Gasteiger partial charge is 0.502 e. The summed E-state index contributed by atoms with van der Waals surface area (Å²) >= 11 is 0. The Morgan fingerprint density at radius 1 is 1.43 bits per heavy atom. The van der Waals surface area contributed by atoms with E-state index in [2.05, 4.69) is 6.58 Å². The molecule has 0 fully saturated rings. The van der Waals surface area contributed by atoms with Crippen LogP contribution in [0.15, 0.2) is 16.6 Å². The minimum Gasteiger partial charge on any atom is -0.502 e. The van der Waals surface area contributed by atoms with E-state index in [-0.39, 0.29) is 17.1 Å². The number of ether oxygens (including phenoxy) is 1. The van der Waals surface area contributed by atoms with Crippen molar-refractivity contribution < 1.29 is 19.1 Å². The summed E-state index contributed by atoms with van der Waals surface area (Å²) in [4.78, 5) is 11.2. The van der Waals surface area contributed by atoms with Gasteiger partial charge >= 0.3 is 5.97 Å². The predicted molar refractivity (Wildman–Crippen MR) is 50.3 cm³/mol. The zero-order valence-corrected chi connectivity index (χ0v) is 8.38. The van der Waals surface area contributed by atoms with Crippen molar-refractivity contribution in [3.8, 4) is 11.5 Å². The standard InChI is InChI=1S/C10H12O4/c1-5(2)10(12)14-9-7(4)13-6(3)8(9)11/h11H,1H2,2-4H3. The van der Waals surface area contributed by atoms with E-state index in [4.69, 9.17) is 9.15 Å². The summed E-state index contributed by atoms with van der Waals surface area (Å²) < 4.78 is 9.94. The number of esters is 1. The van der Waals surface area contributed by atoms with Gasteiger partial charge in [0.1, 0.15) is 11.5 Å². The number of carbonyl (C=O) groups is 1. The van der Waals surface area contributed by atoms with Gasteiger partial charge in [-0.25, -0.2) is 4.79 Å². The first-order valence-electron chi connectivity index (χ1n) is 4.10. The van der Waals surface area contributed by atoms with E-state index in [1.807, 2.05) is 0 Å². The van der Waals surface area contributed by atoms with Crippen LogP contribution in [0.2, 0.25) is 0 Å². The number of carbonyl (C=O) groups excluding carboxylic acids is 1. The summed E-state index contributed by atoms with van der Waals surface area (Å²) in [7, 11) is 0. The number of aryl methyl sites for hydroxylation is 2. The molecule has 0 saturated heterocycles. The maximum Gasteiger partial charge on any atom is 0.338 e. The Kier molecular flexibility index (Phi) is 2.65. The minimum absolute atomic E-state index is 0.0653. The second-order valence-corrected chi connectivity index (χ2v) is 3.06. The lowest BCUT2D eigenvalue weighted by atomic mass is 10.3. The molecule has 0 atom stereocenters. The van der Waals surface area contributed by atoms with Crippen molar-refractivity contribution in [1.82, 2.24) is 0 Å². The van der Waals surface area contributed by atoms with Crippen molar-refractivity contribution in [1.29, 1.82) is 0 Å². The summed E-state index contributed by atoms with van der Waals surface area (Å²) in [6.07, 6.45) is 0. The Bertz CT molecular complexity index is 387. The fraction of sp³-hybridized carbons (Fsp3) is 0.300. The highest BCUT2D eigenvalue weighted by Crippen LogP contribution is 2.36. The average Bonchev–Trinajstić information content (AvgIpc) is 2.32. The fourth-order valence-corrected chi connectivity index (χ4v) is 0.951. The third kappa shape index (κ3) is 1.79. The predicted octanol–water partition coefficient (Wildman–Crippen LogP) is 2.08. The molecule has 4 nitrogen and oxygen atoms in total. The molecule has 0 bridgehead atoms. The Morgan fingerprint density at radius 3 is 2.36 bits per heavy atom. The van der Waals surface area contributed by atoms with E-state index in [9.17, 15) is 9.90 Å². The SMILES string of the molecule is C=C(C)C(=O)Oc1c(C)oc(C)c1O. The molecule has 4 heteroatoms. The third-order valence-corrected chi connectivity index (χ3v) is 1.72. The highest BCUT2D eigenvalue weighted by Gasteiger charge is 2.18. The number of aromatic hydroxyl groups is 1. The van der Waals surface area contributed by atoms with Crippen LogP contribution in [-0.2, 0) is 4.79 Å². The van der Waals surface area contributed by atoms with Crippen molar-refractivity contribution in [3.05, 3.63) is 23.7 Å². The van der Waals surface area contributed by atoms with Crippen LogP contribution in [0.25, 0.3) is 0 Å². The first kappa shape index (κ1) is 10.4.